The first-order valence-electron chi connectivity index (χ1n) is 8.25. The van der Waals surface area contributed by atoms with Crippen molar-refractivity contribution in [3.8, 4) is 11.8 Å². The summed E-state index contributed by atoms with van der Waals surface area (Å²) in [5.74, 6) is 6.85. The molecule has 2 fully saturated rings. The lowest BCUT2D eigenvalue weighted by molar-refractivity contribution is -0.0701. The molecule has 2 aliphatic rings. The fourth-order valence-electron chi connectivity index (χ4n) is 3.80. The van der Waals surface area contributed by atoms with Crippen molar-refractivity contribution in [1.82, 2.24) is 9.80 Å². The van der Waals surface area contributed by atoms with Crippen LogP contribution in [-0.2, 0) is 0 Å². The van der Waals surface area contributed by atoms with E-state index in [0.29, 0.717) is 12.0 Å². The summed E-state index contributed by atoms with van der Waals surface area (Å²) >= 11 is 0. The number of nitrogens with zero attached hydrogens (tertiary/aromatic N) is 2. The molecule has 1 N–H and O–H groups in total. The second-order valence-corrected chi connectivity index (χ2v) is 6.38. The van der Waals surface area contributed by atoms with Gasteiger partial charge in [0, 0.05) is 24.9 Å². The quantitative estimate of drug-likeness (QED) is 0.800. The van der Waals surface area contributed by atoms with Gasteiger partial charge >= 0.3 is 0 Å². The minimum Gasteiger partial charge on any atom is -0.377 e. The summed E-state index contributed by atoms with van der Waals surface area (Å²) < 4.78 is 0. The first-order valence-corrected chi connectivity index (χ1v) is 8.25. The molecule has 0 aromatic carbocycles. The van der Waals surface area contributed by atoms with Gasteiger partial charge in [0.2, 0.25) is 0 Å². The topological polar surface area (TPSA) is 26.7 Å². The van der Waals surface area contributed by atoms with E-state index in [-0.39, 0.29) is 0 Å². The zero-order valence-electron chi connectivity index (χ0n) is 13.4. The van der Waals surface area contributed by atoms with Crippen molar-refractivity contribution < 1.29 is 5.11 Å². The van der Waals surface area contributed by atoms with Gasteiger partial charge in [-0.05, 0) is 33.0 Å². The molecule has 0 aromatic heterocycles. The molecule has 1 aliphatic carbocycles. The predicted molar refractivity (Wildman–Crippen MR) is 83.5 cm³/mol. The molecule has 1 aliphatic heterocycles. The van der Waals surface area contributed by atoms with Gasteiger partial charge in [0.05, 0.1) is 6.54 Å². The highest BCUT2D eigenvalue weighted by Crippen LogP contribution is 2.40. The Morgan fingerprint density at radius 3 is 2.65 bits per heavy atom. The Bertz CT molecular complexity index is 369. The molecule has 0 unspecified atom stereocenters. The molecule has 1 heterocycles. The van der Waals surface area contributed by atoms with Crippen LogP contribution in [0.4, 0.5) is 0 Å². The van der Waals surface area contributed by atoms with Crippen LogP contribution in [0.25, 0.3) is 0 Å². The molecule has 0 spiro atoms. The molecule has 3 heteroatoms. The summed E-state index contributed by atoms with van der Waals surface area (Å²) in [5.41, 5.74) is -0.745. The molecule has 0 radical (unpaired) electrons. The highest BCUT2D eigenvalue weighted by molar-refractivity contribution is 5.20. The number of piperidine rings is 1. The van der Waals surface area contributed by atoms with Gasteiger partial charge in [-0.2, -0.15) is 0 Å². The molecule has 3 nitrogen and oxygen atoms in total. The van der Waals surface area contributed by atoms with Gasteiger partial charge in [0.25, 0.3) is 0 Å². The lowest BCUT2D eigenvalue weighted by Gasteiger charge is -2.49. The van der Waals surface area contributed by atoms with E-state index in [4.69, 9.17) is 0 Å². The largest absolute Gasteiger partial charge is 0.377 e. The van der Waals surface area contributed by atoms with Gasteiger partial charge in [-0.1, -0.05) is 38.5 Å². The van der Waals surface area contributed by atoms with Crippen LogP contribution in [0, 0.1) is 17.8 Å². The van der Waals surface area contributed by atoms with Crippen molar-refractivity contribution >= 4 is 0 Å². The van der Waals surface area contributed by atoms with Crippen LogP contribution < -0.4 is 0 Å². The summed E-state index contributed by atoms with van der Waals surface area (Å²) in [6.45, 7) is 8.12. The maximum atomic E-state index is 11.0. The van der Waals surface area contributed by atoms with E-state index in [1.165, 1.54) is 19.3 Å². The SMILES string of the molecule is CCN(CC)CC#C[C@@]1(O)CCN(C)[C@H]2CCCC[C@@H]21. The molecule has 1 saturated heterocycles. The second-order valence-electron chi connectivity index (χ2n) is 6.38. The number of rotatable bonds is 3. The Kier molecular flexibility index (Phi) is 5.49. The van der Waals surface area contributed by atoms with E-state index in [1.54, 1.807) is 0 Å². The normalized spacial score (nSPS) is 34.5. The molecule has 0 amide bonds. The van der Waals surface area contributed by atoms with Crippen LogP contribution in [0.3, 0.4) is 0 Å². The maximum Gasteiger partial charge on any atom is 0.131 e. The van der Waals surface area contributed by atoms with E-state index < -0.39 is 5.60 Å². The zero-order chi connectivity index (χ0) is 14.6. The van der Waals surface area contributed by atoms with E-state index in [1.807, 2.05) is 0 Å². The van der Waals surface area contributed by atoms with Crippen molar-refractivity contribution in [2.24, 2.45) is 5.92 Å². The standard InChI is InChI=1S/C17H30N2O/c1-4-19(5-2)13-8-11-17(20)12-14-18(3)16-10-7-6-9-15(16)17/h15-16,20H,4-7,9-10,12-14H2,1-3H3/t15-,16-,17+/m0/s1. The predicted octanol–water partition coefficient (Wildman–Crippen LogP) is 1.96. The van der Waals surface area contributed by atoms with Crippen LogP contribution in [0.1, 0.15) is 46.0 Å². The van der Waals surface area contributed by atoms with Gasteiger partial charge < -0.3 is 10.0 Å². The van der Waals surface area contributed by atoms with Crippen molar-refractivity contribution in [3.63, 3.8) is 0 Å². The smallest absolute Gasteiger partial charge is 0.131 e. The van der Waals surface area contributed by atoms with Gasteiger partial charge in [-0.15, -0.1) is 0 Å². The lowest BCUT2D eigenvalue weighted by atomic mass is 9.69. The minimum absolute atomic E-state index is 0.346. The van der Waals surface area contributed by atoms with Crippen LogP contribution in [0.5, 0.6) is 0 Å². The molecule has 20 heavy (non-hydrogen) atoms. The molecular weight excluding hydrogens is 248 g/mol. The zero-order valence-corrected chi connectivity index (χ0v) is 13.4. The molecule has 1 saturated carbocycles. The summed E-state index contributed by atoms with van der Waals surface area (Å²) in [4.78, 5) is 4.73. The monoisotopic (exact) mass is 278 g/mol. The van der Waals surface area contributed by atoms with Crippen LogP contribution >= 0.6 is 0 Å². The molecule has 114 valence electrons. The Hall–Kier alpha value is -0.560. The van der Waals surface area contributed by atoms with Crippen molar-refractivity contribution in [2.75, 3.05) is 33.2 Å². The average Bonchev–Trinajstić information content (AvgIpc) is 2.48. The number of likely N-dealkylation sites (tertiary alicyclic amines) is 1. The molecular formula is C17H30N2O. The van der Waals surface area contributed by atoms with Gasteiger partial charge in [-0.25, -0.2) is 0 Å². The van der Waals surface area contributed by atoms with Gasteiger partial charge in [0.15, 0.2) is 0 Å². The number of hydrogen-bond donors (Lipinski definition) is 1. The summed E-state index contributed by atoms with van der Waals surface area (Å²) in [6.07, 6.45) is 5.70. The first-order chi connectivity index (χ1) is 9.60. The maximum absolute atomic E-state index is 11.0. The molecule has 2 rings (SSSR count). The highest BCUT2D eigenvalue weighted by atomic mass is 16.3. The minimum atomic E-state index is -0.745. The number of fused-ring (bicyclic) bond motifs is 1. The second kappa shape index (κ2) is 6.93. The lowest BCUT2D eigenvalue weighted by Crippen LogP contribution is -2.57. The van der Waals surface area contributed by atoms with Crippen LogP contribution in [0.15, 0.2) is 0 Å². The third kappa shape index (κ3) is 3.36. The fourth-order valence-corrected chi connectivity index (χ4v) is 3.80. The Balaban J connectivity index is 2.06. The third-order valence-electron chi connectivity index (χ3n) is 5.26. The molecule has 3 atom stereocenters. The third-order valence-corrected chi connectivity index (χ3v) is 5.26. The van der Waals surface area contributed by atoms with Gasteiger partial charge in [-0.3, -0.25) is 4.90 Å². The Morgan fingerprint density at radius 2 is 1.95 bits per heavy atom. The van der Waals surface area contributed by atoms with Crippen molar-refractivity contribution in [2.45, 2.75) is 57.6 Å². The van der Waals surface area contributed by atoms with E-state index in [9.17, 15) is 5.11 Å². The van der Waals surface area contributed by atoms with Gasteiger partial charge in [0.1, 0.15) is 5.60 Å². The fraction of sp³-hybridized carbons (Fsp3) is 0.882. The summed E-state index contributed by atoms with van der Waals surface area (Å²) in [6, 6.07) is 0.533. The number of hydrogen-bond acceptors (Lipinski definition) is 3. The van der Waals surface area contributed by atoms with E-state index >= 15 is 0 Å². The van der Waals surface area contributed by atoms with E-state index in [0.717, 1.165) is 39.0 Å². The van der Waals surface area contributed by atoms with Crippen LogP contribution in [0.2, 0.25) is 0 Å². The van der Waals surface area contributed by atoms with Crippen molar-refractivity contribution in [1.29, 1.82) is 0 Å². The summed E-state index contributed by atoms with van der Waals surface area (Å²) in [7, 11) is 2.20. The number of aliphatic hydroxyl groups is 1. The Labute approximate surface area is 124 Å². The van der Waals surface area contributed by atoms with Crippen LogP contribution in [-0.4, -0.2) is 59.8 Å². The Morgan fingerprint density at radius 1 is 1.25 bits per heavy atom. The van der Waals surface area contributed by atoms with Crippen molar-refractivity contribution in [3.05, 3.63) is 0 Å². The first kappa shape index (κ1) is 15.8. The summed E-state index contributed by atoms with van der Waals surface area (Å²) in [5, 5.41) is 11.0. The average molecular weight is 278 g/mol. The van der Waals surface area contributed by atoms with E-state index in [2.05, 4.69) is 42.5 Å². The highest BCUT2D eigenvalue weighted by Gasteiger charge is 2.46. The molecule has 0 aromatic rings. The molecule has 0 bridgehead atoms.